The topological polar surface area (TPSA) is 51.6 Å². The quantitative estimate of drug-likeness (QED) is 0.170. The fraction of sp³-hybridized carbons (Fsp3) is 0. The number of nitrogens with zero attached hydrogens (tertiary/aromatic N) is 4. The number of benzene rings is 7. The molecule has 0 radical (unpaired) electrons. The van der Waals surface area contributed by atoms with E-state index in [2.05, 4.69) is 166 Å². The van der Waals surface area contributed by atoms with Crippen molar-refractivity contribution in [1.82, 2.24) is 19.9 Å². The van der Waals surface area contributed by atoms with Crippen LogP contribution in [-0.2, 0) is 0 Å². The maximum atomic E-state index is 4.43. The lowest BCUT2D eigenvalue weighted by Crippen LogP contribution is -1.93. The number of aromatic nitrogens is 4. The zero-order chi connectivity index (χ0) is 33.3. The monoisotopic (exact) mass is 638 g/mol. The Bertz CT molecular complexity index is 2400. The molecule has 0 aliphatic rings. The van der Waals surface area contributed by atoms with Crippen LogP contribution in [0.5, 0.6) is 0 Å². The first-order valence-electron chi connectivity index (χ1n) is 16.7. The lowest BCUT2D eigenvalue weighted by atomic mass is 9.84. The summed E-state index contributed by atoms with van der Waals surface area (Å²) in [7, 11) is 0. The van der Waals surface area contributed by atoms with Crippen molar-refractivity contribution in [1.29, 1.82) is 0 Å². The molecule has 234 valence electrons. The molecular formula is C46H30N4. The lowest BCUT2D eigenvalue weighted by Gasteiger charge is -2.19. The average Bonchev–Trinajstić information content (AvgIpc) is 3.21. The summed E-state index contributed by atoms with van der Waals surface area (Å²) in [6.07, 6.45) is 6.73. The molecule has 50 heavy (non-hydrogen) atoms. The Labute approximate surface area is 290 Å². The van der Waals surface area contributed by atoms with Gasteiger partial charge in [0.15, 0.2) is 0 Å². The third kappa shape index (κ3) is 5.39. The molecule has 4 nitrogen and oxygen atoms in total. The fourth-order valence-corrected chi connectivity index (χ4v) is 7.01. The van der Waals surface area contributed by atoms with Gasteiger partial charge in [-0.15, -0.1) is 0 Å². The van der Waals surface area contributed by atoms with Gasteiger partial charge in [0.2, 0.25) is 0 Å². The highest BCUT2D eigenvalue weighted by atomic mass is 14.8. The third-order valence-corrected chi connectivity index (χ3v) is 9.43. The molecule has 0 saturated carbocycles. The minimum atomic E-state index is 0.913. The average molecular weight is 639 g/mol. The van der Waals surface area contributed by atoms with Crippen LogP contribution in [0.25, 0.3) is 88.6 Å². The largest absolute Gasteiger partial charge is 0.245 e. The Balaban J connectivity index is 1.26. The lowest BCUT2D eigenvalue weighted by molar-refractivity contribution is 1.17. The van der Waals surface area contributed by atoms with Gasteiger partial charge in [-0.25, -0.2) is 19.9 Å². The van der Waals surface area contributed by atoms with E-state index in [9.17, 15) is 0 Å². The first kappa shape index (κ1) is 29.4. The number of fused-ring (bicyclic) bond motifs is 2. The Kier molecular flexibility index (Phi) is 7.45. The molecular weight excluding hydrogens is 609 g/mol. The molecule has 0 N–H and O–H groups in total. The second-order valence-corrected chi connectivity index (χ2v) is 12.3. The highest BCUT2D eigenvalue weighted by molar-refractivity contribution is 6.22. The van der Waals surface area contributed by atoms with Crippen LogP contribution in [0.3, 0.4) is 0 Å². The molecule has 0 atom stereocenters. The number of hydrogen-bond donors (Lipinski definition) is 0. The predicted octanol–water partition coefficient (Wildman–Crippen LogP) is 11.6. The minimum Gasteiger partial charge on any atom is -0.245 e. The number of rotatable bonds is 6. The summed E-state index contributed by atoms with van der Waals surface area (Å²) in [6, 6.07) is 56.6. The second kappa shape index (κ2) is 12.7. The van der Waals surface area contributed by atoms with Crippen molar-refractivity contribution in [2.75, 3.05) is 0 Å². The molecule has 7 aromatic carbocycles. The van der Waals surface area contributed by atoms with E-state index in [1.165, 1.54) is 54.9 Å². The third-order valence-electron chi connectivity index (χ3n) is 9.43. The van der Waals surface area contributed by atoms with Crippen molar-refractivity contribution in [3.8, 4) is 67.0 Å². The van der Waals surface area contributed by atoms with Gasteiger partial charge < -0.3 is 0 Å². The summed E-state index contributed by atoms with van der Waals surface area (Å²) in [6.45, 7) is 0. The molecule has 0 spiro atoms. The smallest absolute Gasteiger partial charge is 0.116 e. The molecule has 4 heteroatoms. The Hall–Kier alpha value is -6.78. The standard InChI is InChI=1S/C46H30N4/c1-3-7-35(8-4-1)45-39-21-19-38(32-13-17-34(18-14-32)44-24-26-48-30-50-44)28-42(39)46(36-9-5-2-6-10-36)40-22-20-37(27-41(40)45)31-11-15-33(16-12-31)43-23-25-47-29-49-43/h1-30H. The summed E-state index contributed by atoms with van der Waals surface area (Å²) in [5, 5.41) is 4.89. The van der Waals surface area contributed by atoms with Crippen molar-refractivity contribution in [2.24, 2.45) is 0 Å². The Morgan fingerprint density at radius 1 is 0.280 bits per heavy atom. The van der Waals surface area contributed by atoms with E-state index in [0.29, 0.717) is 0 Å². The van der Waals surface area contributed by atoms with Crippen LogP contribution >= 0.6 is 0 Å². The Morgan fingerprint density at radius 2 is 0.660 bits per heavy atom. The molecule has 0 amide bonds. The molecule has 0 aliphatic carbocycles. The van der Waals surface area contributed by atoms with Gasteiger partial charge in [-0.05, 0) is 90.3 Å². The molecule has 2 heterocycles. The van der Waals surface area contributed by atoms with Crippen molar-refractivity contribution >= 4 is 21.5 Å². The van der Waals surface area contributed by atoms with Crippen LogP contribution in [-0.4, -0.2) is 19.9 Å². The maximum Gasteiger partial charge on any atom is 0.116 e. The summed E-state index contributed by atoms with van der Waals surface area (Å²) in [4.78, 5) is 17.0. The molecule has 0 bridgehead atoms. The van der Waals surface area contributed by atoms with Gasteiger partial charge in [0.25, 0.3) is 0 Å². The first-order chi connectivity index (χ1) is 24.8. The normalized spacial score (nSPS) is 11.2. The van der Waals surface area contributed by atoms with E-state index in [4.69, 9.17) is 0 Å². The highest BCUT2D eigenvalue weighted by Crippen LogP contribution is 2.46. The van der Waals surface area contributed by atoms with E-state index in [-0.39, 0.29) is 0 Å². The van der Waals surface area contributed by atoms with Crippen LogP contribution in [0, 0.1) is 0 Å². The molecule has 0 unspecified atom stereocenters. The van der Waals surface area contributed by atoms with Crippen LogP contribution < -0.4 is 0 Å². The van der Waals surface area contributed by atoms with Crippen molar-refractivity contribution in [3.63, 3.8) is 0 Å². The van der Waals surface area contributed by atoms with Gasteiger partial charge in [0, 0.05) is 23.5 Å². The predicted molar refractivity (Wildman–Crippen MR) is 205 cm³/mol. The van der Waals surface area contributed by atoms with Crippen molar-refractivity contribution in [2.45, 2.75) is 0 Å². The summed E-state index contributed by atoms with van der Waals surface area (Å²) in [5.74, 6) is 0. The molecule has 0 fully saturated rings. The molecule has 0 saturated heterocycles. The van der Waals surface area contributed by atoms with Gasteiger partial charge in [-0.1, -0.05) is 133 Å². The second-order valence-electron chi connectivity index (χ2n) is 12.3. The van der Waals surface area contributed by atoms with E-state index >= 15 is 0 Å². The van der Waals surface area contributed by atoms with Gasteiger partial charge >= 0.3 is 0 Å². The zero-order valence-corrected chi connectivity index (χ0v) is 27.1. The van der Waals surface area contributed by atoms with Crippen LogP contribution in [0.2, 0.25) is 0 Å². The van der Waals surface area contributed by atoms with Crippen LogP contribution in [0.4, 0.5) is 0 Å². The van der Waals surface area contributed by atoms with Crippen molar-refractivity contribution in [3.05, 3.63) is 183 Å². The summed E-state index contributed by atoms with van der Waals surface area (Å²) in [5.41, 5.74) is 13.5. The van der Waals surface area contributed by atoms with E-state index in [1.807, 2.05) is 12.1 Å². The van der Waals surface area contributed by atoms with E-state index in [1.54, 1.807) is 25.0 Å². The molecule has 9 aromatic rings. The van der Waals surface area contributed by atoms with E-state index < -0.39 is 0 Å². The Morgan fingerprint density at radius 3 is 1.04 bits per heavy atom. The molecule has 2 aromatic heterocycles. The van der Waals surface area contributed by atoms with Gasteiger partial charge in [-0.3, -0.25) is 0 Å². The van der Waals surface area contributed by atoms with Crippen molar-refractivity contribution < 1.29 is 0 Å². The highest BCUT2D eigenvalue weighted by Gasteiger charge is 2.18. The fourth-order valence-electron chi connectivity index (χ4n) is 7.01. The maximum absolute atomic E-state index is 4.43. The molecule has 0 aliphatic heterocycles. The van der Waals surface area contributed by atoms with Crippen LogP contribution in [0.15, 0.2) is 183 Å². The van der Waals surface area contributed by atoms with Gasteiger partial charge in [0.1, 0.15) is 12.7 Å². The first-order valence-corrected chi connectivity index (χ1v) is 16.7. The van der Waals surface area contributed by atoms with Gasteiger partial charge in [-0.2, -0.15) is 0 Å². The number of hydrogen-bond acceptors (Lipinski definition) is 4. The van der Waals surface area contributed by atoms with Crippen LogP contribution in [0.1, 0.15) is 0 Å². The summed E-state index contributed by atoms with van der Waals surface area (Å²) >= 11 is 0. The van der Waals surface area contributed by atoms with Gasteiger partial charge in [0.05, 0.1) is 11.4 Å². The molecule has 9 rings (SSSR count). The van der Waals surface area contributed by atoms with E-state index in [0.717, 1.165) is 33.6 Å². The summed E-state index contributed by atoms with van der Waals surface area (Å²) < 4.78 is 0. The minimum absolute atomic E-state index is 0.913. The zero-order valence-electron chi connectivity index (χ0n) is 27.1. The SMILES string of the molecule is c1ccc(-c2c3ccc(-c4ccc(-c5ccncn5)cc4)cc3c(-c3ccccc3)c3ccc(-c4ccc(-c5ccncn5)cc4)cc23)cc1.